The van der Waals surface area contributed by atoms with Crippen molar-refractivity contribution < 1.29 is 26.3 Å². The van der Waals surface area contributed by atoms with E-state index in [9.17, 15) is 26.3 Å². The Morgan fingerprint density at radius 2 is 0.882 bits per heavy atom. The van der Waals surface area contributed by atoms with Crippen molar-refractivity contribution in [1.82, 2.24) is 0 Å². The summed E-state index contributed by atoms with van der Waals surface area (Å²) in [5.41, 5.74) is 9.24. The quantitative estimate of drug-likeness (QED) is 0.726. The van der Waals surface area contributed by atoms with Crippen molar-refractivity contribution in [2.45, 2.75) is 38.0 Å². The fraction of sp³-hybridized carbons (Fsp3) is 1.00. The lowest BCUT2D eigenvalue weighted by molar-refractivity contribution is -0.149. The highest BCUT2D eigenvalue weighted by Gasteiger charge is 2.38. The smallest absolute Gasteiger partial charge is 0.330 e. The lowest BCUT2D eigenvalue weighted by Crippen LogP contribution is -2.40. The van der Waals surface area contributed by atoms with Gasteiger partial charge in [-0.1, -0.05) is 0 Å². The van der Waals surface area contributed by atoms with E-state index in [0.29, 0.717) is 0 Å². The minimum atomic E-state index is -4.41. The topological polar surface area (TPSA) is 52.0 Å². The van der Waals surface area contributed by atoms with Crippen LogP contribution >= 0.6 is 0 Å². The summed E-state index contributed by atoms with van der Waals surface area (Å²) in [4.78, 5) is 0. The molecule has 0 heterocycles. The molecule has 0 radical (unpaired) electrons. The fourth-order valence-corrected chi connectivity index (χ4v) is 1.43. The minimum absolute atomic E-state index is 0.282. The van der Waals surface area contributed by atoms with Gasteiger partial charge in [-0.25, -0.2) is 0 Å². The first-order chi connectivity index (χ1) is 7.54. The van der Waals surface area contributed by atoms with E-state index in [1.54, 1.807) is 0 Å². The normalized spacial score (nSPS) is 14.1. The third kappa shape index (κ3) is 7.43. The van der Waals surface area contributed by atoms with E-state index in [4.69, 9.17) is 11.5 Å². The molecule has 0 unspecified atom stereocenters. The number of halogens is 6. The molecule has 0 aliphatic heterocycles. The van der Waals surface area contributed by atoms with Crippen LogP contribution in [0.2, 0.25) is 0 Å². The van der Waals surface area contributed by atoms with Crippen LogP contribution in [0.15, 0.2) is 0 Å². The first kappa shape index (κ1) is 16.5. The van der Waals surface area contributed by atoms with Gasteiger partial charge in [-0.05, 0) is 31.3 Å². The van der Waals surface area contributed by atoms with Crippen molar-refractivity contribution in [3.8, 4) is 0 Å². The highest BCUT2D eigenvalue weighted by molar-refractivity contribution is 4.83. The van der Waals surface area contributed by atoms with Crippen LogP contribution in [-0.4, -0.2) is 25.4 Å². The van der Waals surface area contributed by atoms with E-state index >= 15 is 0 Å². The van der Waals surface area contributed by atoms with Gasteiger partial charge in [0.15, 0.2) is 0 Å². The monoisotopic (exact) mass is 266 g/mol. The lowest BCUT2D eigenvalue weighted by Gasteiger charge is -2.32. The van der Waals surface area contributed by atoms with Gasteiger partial charge < -0.3 is 11.5 Å². The SMILES string of the molecule is NCC(CN)(CCC(F)(F)F)CCC(F)(F)F. The molecule has 0 saturated carbocycles. The van der Waals surface area contributed by atoms with Gasteiger partial charge in [0.2, 0.25) is 0 Å². The number of alkyl halides is 6. The predicted octanol–water partition coefficient (Wildman–Crippen LogP) is 2.58. The van der Waals surface area contributed by atoms with E-state index in [1.165, 1.54) is 0 Å². The van der Waals surface area contributed by atoms with Crippen molar-refractivity contribution in [3.05, 3.63) is 0 Å². The average molecular weight is 266 g/mol. The fourth-order valence-electron chi connectivity index (χ4n) is 1.43. The van der Waals surface area contributed by atoms with Crippen LogP contribution < -0.4 is 11.5 Å². The number of hydrogen-bond acceptors (Lipinski definition) is 2. The summed E-state index contributed by atoms with van der Waals surface area (Å²) in [7, 11) is 0. The van der Waals surface area contributed by atoms with E-state index < -0.39 is 43.5 Å². The molecule has 0 fully saturated rings. The Morgan fingerprint density at radius 1 is 0.588 bits per heavy atom. The summed E-state index contributed by atoms with van der Waals surface area (Å²) in [5, 5.41) is 0. The van der Waals surface area contributed by atoms with Crippen molar-refractivity contribution in [2.24, 2.45) is 16.9 Å². The van der Waals surface area contributed by atoms with Gasteiger partial charge in [0, 0.05) is 12.8 Å². The van der Waals surface area contributed by atoms with Crippen molar-refractivity contribution >= 4 is 0 Å². The zero-order chi connectivity index (χ0) is 13.7. The summed E-state index contributed by atoms with van der Waals surface area (Å²) in [5.74, 6) is 0. The Bertz CT molecular complexity index is 199. The Morgan fingerprint density at radius 3 is 1.06 bits per heavy atom. The molecule has 0 spiro atoms. The zero-order valence-corrected chi connectivity index (χ0v) is 9.17. The molecule has 4 N–H and O–H groups in total. The third-order valence-corrected chi connectivity index (χ3v) is 2.74. The van der Waals surface area contributed by atoms with Crippen molar-refractivity contribution in [1.29, 1.82) is 0 Å². The van der Waals surface area contributed by atoms with Gasteiger partial charge in [-0.3, -0.25) is 0 Å². The molecule has 0 amide bonds. The molecule has 17 heavy (non-hydrogen) atoms. The Hall–Kier alpha value is -0.500. The molecule has 0 aromatic carbocycles. The zero-order valence-electron chi connectivity index (χ0n) is 9.17. The average Bonchev–Trinajstić information content (AvgIpc) is 2.16. The summed E-state index contributed by atoms with van der Waals surface area (Å²) >= 11 is 0. The second-order valence-corrected chi connectivity index (χ2v) is 4.14. The van der Waals surface area contributed by atoms with E-state index in [1.807, 2.05) is 0 Å². The Labute approximate surface area is 95.3 Å². The minimum Gasteiger partial charge on any atom is -0.330 e. The second-order valence-electron chi connectivity index (χ2n) is 4.14. The maximum atomic E-state index is 12.0. The van der Waals surface area contributed by atoms with Crippen LogP contribution in [0.1, 0.15) is 25.7 Å². The maximum absolute atomic E-state index is 12.0. The van der Waals surface area contributed by atoms with Gasteiger partial charge in [-0.15, -0.1) is 0 Å². The number of nitrogens with two attached hydrogens (primary N) is 2. The molecule has 0 atom stereocenters. The van der Waals surface area contributed by atoms with Crippen molar-refractivity contribution in [3.63, 3.8) is 0 Å². The third-order valence-electron chi connectivity index (χ3n) is 2.74. The summed E-state index contributed by atoms with van der Waals surface area (Å²) in [6.45, 7) is -0.564. The van der Waals surface area contributed by atoms with Crippen LogP contribution in [0.5, 0.6) is 0 Å². The van der Waals surface area contributed by atoms with Gasteiger partial charge in [0.1, 0.15) is 0 Å². The highest BCUT2D eigenvalue weighted by atomic mass is 19.4. The summed E-state index contributed by atoms with van der Waals surface area (Å²) < 4.78 is 72.2. The van der Waals surface area contributed by atoms with Crippen LogP contribution in [0.25, 0.3) is 0 Å². The predicted molar refractivity (Wildman–Crippen MR) is 51.1 cm³/mol. The van der Waals surface area contributed by atoms with E-state index in [0.717, 1.165) is 0 Å². The molecule has 0 aromatic rings. The Kier molecular flexibility index (Phi) is 5.73. The van der Waals surface area contributed by atoms with E-state index in [2.05, 4.69) is 0 Å². The first-order valence-corrected chi connectivity index (χ1v) is 5.07. The van der Waals surface area contributed by atoms with Gasteiger partial charge in [0.25, 0.3) is 0 Å². The molecular formula is C9H16F6N2. The second kappa shape index (κ2) is 5.90. The van der Waals surface area contributed by atoms with Crippen LogP contribution in [0, 0.1) is 5.41 Å². The molecule has 0 saturated heterocycles. The Balaban J connectivity index is 4.46. The molecule has 8 heteroatoms. The maximum Gasteiger partial charge on any atom is 0.389 e. The molecule has 0 aromatic heterocycles. The van der Waals surface area contributed by atoms with Gasteiger partial charge >= 0.3 is 12.4 Å². The number of hydrogen-bond donors (Lipinski definition) is 2. The largest absolute Gasteiger partial charge is 0.389 e. The van der Waals surface area contributed by atoms with E-state index in [-0.39, 0.29) is 13.1 Å². The molecule has 104 valence electrons. The lowest BCUT2D eigenvalue weighted by atomic mass is 9.79. The number of rotatable bonds is 6. The molecule has 0 aliphatic carbocycles. The molecule has 0 bridgehead atoms. The molecule has 0 aliphatic rings. The van der Waals surface area contributed by atoms with Crippen LogP contribution in [0.4, 0.5) is 26.3 Å². The molecule has 2 nitrogen and oxygen atoms in total. The standard InChI is InChI=1S/C9H16F6N2/c10-8(11,12)3-1-7(5-16,6-17)2-4-9(13,14)15/h1-6,16-17H2. The molecule has 0 rings (SSSR count). The van der Waals surface area contributed by atoms with Crippen molar-refractivity contribution in [2.75, 3.05) is 13.1 Å². The molecular weight excluding hydrogens is 250 g/mol. The summed E-state index contributed by atoms with van der Waals surface area (Å²) in [6, 6.07) is 0. The van der Waals surface area contributed by atoms with Gasteiger partial charge in [-0.2, -0.15) is 26.3 Å². The van der Waals surface area contributed by atoms with Gasteiger partial charge in [0.05, 0.1) is 0 Å². The summed E-state index contributed by atoms with van der Waals surface area (Å²) in [6.07, 6.45) is -12.1. The first-order valence-electron chi connectivity index (χ1n) is 5.07. The van der Waals surface area contributed by atoms with Crippen LogP contribution in [-0.2, 0) is 0 Å². The van der Waals surface area contributed by atoms with Crippen LogP contribution in [0.3, 0.4) is 0 Å². The highest BCUT2D eigenvalue weighted by Crippen LogP contribution is 2.36.